The van der Waals surface area contributed by atoms with Crippen LogP contribution in [0, 0.1) is 0 Å². The second-order valence-electron chi connectivity index (χ2n) is 9.56. The van der Waals surface area contributed by atoms with E-state index in [1.54, 1.807) is 0 Å². The van der Waals surface area contributed by atoms with Crippen LogP contribution in [0.5, 0.6) is 11.5 Å². The summed E-state index contributed by atoms with van der Waals surface area (Å²) in [6.07, 6.45) is -5.04. The third-order valence-corrected chi connectivity index (χ3v) is 7.75. The van der Waals surface area contributed by atoms with Crippen LogP contribution in [0.3, 0.4) is 0 Å². The average molecular weight is 606 g/mol. The van der Waals surface area contributed by atoms with E-state index in [2.05, 4.69) is 20.5 Å². The van der Waals surface area contributed by atoms with Gasteiger partial charge >= 0.3 is 12.1 Å². The maximum Gasteiger partial charge on any atom is 0.471 e. The Hall–Kier alpha value is -4.17. The highest BCUT2D eigenvalue weighted by Crippen LogP contribution is 2.39. The Morgan fingerprint density at radius 3 is 2.52 bits per heavy atom. The zero-order valence-corrected chi connectivity index (χ0v) is 24.2. The van der Waals surface area contributed by atoms with E-state index in [9.17, 15) is 27.6 Å². The molecule has 2 aromatic carbocycles. The Bertz CT molecular complexity index is 1480. The first kappa shape index (κ1) is 30.8. The molecule has 2 heterocycles. The van der Waals surface area contributed by atoms with Gasteiger partial charge in [-0.1, -0.05) is 12.1 Å². The minimum atomic E-state index is -5.28. The highest BCUT2D eigenvalue weighted by molar-refractivity contribution is 7.15. The lowest BCUT2D eigenvalue weighted by atomic mass is 9.97. The molecule has 3 amide bonds. The molecule has 2 N–H and O–H groups in total. The zero-order chi connectivity index (χ0) is 30.6. The van der Waals surface area contributed by atoms with Gasteiger partial charge in [0.2, 0.25) is 5.91 Å². The number of ether oxygens (including phenoxy) is 2. The zero-order valence-electron chi connectivity index (χ0n) is 23.4. The van der Waals surface area contributed by atoms with Crippen LogP contribution in [0.2, 0.25) is 0 Å². The second-order valence-corrected chi connectivity index (χ2v) is 10.6. The summed E-state index contributed by atoms with van der Waals surface area (Å²) >= 11 is 1.36. The molecule has 1 aliphatic rings. The lowest BCUT2D eigenvalue weighted by Gasteiger charge is -2.33. The molecule has 1 aliphatic heterocycles. The molecule has 4 rings (SSSR count). The number of nitrogens with one attached hydrogen (secondary N) is 2. The van der Waals surface area contributed by atoms with E-state index < -0.39 is 36.4 Å². The van der Waals surface area contributed by atoms with Gasteiger partial charge in [-0.05, 0) is 36.9 Å². The number of methoxy groups -OCH3 is 2. The molecule has 0 radical (unpaired) electrons. The molecule has 0 aliphatic carbocycles. The van der Waals surface area contributed by atoms with Crippen molar-refractivity contribution in [2.24, 2.45) is 0 Å². The summed E-state index contributed by atoms with van der Waals surface area (Å²) in [6, 6.07) is 8.19. The molecule has 0 spiro atoms. The van der Waals surface area contributed by atoms with Crippen LogP contribution in [0.15, 0.2) is 42.5 Å². The molecule has 14 heteroatoms. The van der Waals surface area contributed by atoms with Gasteiger partial charge in [0, 0.05) is 48.8 Å². The topological polar surface area (TPSA) is 113 Å². The number of rotatable bonds is 9. The molecule has 224 valence electrons. The lowest BCUT2D eigenvalue weighted by Crippen LogP contribution is -2.45. The number of hydrogen-bond donors (Lipinski definition) is 2. The molecule has 0 saturated heterocycles. The summed E-state index contributed by atoms with van der Waals surface area (Å²) in [5.74, 6) is -3.03. The number of alkyl halides is 3. The number of anilines is 2. The van der Waals surface area contributed by atoms with Crippen molar-refractivity contribution in [3.63, 3.8) is 0 Å². The van der Waals surface area contributed by atoms with Crippen molar-refractivity contribution in [2.45, 2.75) is 31.6 Å². The fourth-order valence-electron chi connectivity index (χ4n) is 4.62. The Morgan fingerprint density at radius 1 is 1.12 bits per heavy atom. The summed E-state index contributed by atoms with van der Waals surface area (Å²) < 4.78 is 52.3. The molecule has 42 heavy (non-hydrogen) atoms. The largest absolute Gasteiger partial charge is 0.493 e. The minimum absolute atomic E-state index is 0.0825. The third-order valence-electron chi connectivity index (χ3n) is 6.75. The molecule has 1 atom stereocenters. The van der Waals surface area contributed by atoms with E-state index in [1.807, 2.05) is 7.05 Å². The molecular weight excluding hydrogens is 575 g/mol. The number of likely N-dealkylation sites (N-methyl/N-ethyl adjacent to an activating group) is 1. The highest BCUT2D eigenvalue weighted by atomic mass is 32.1. The van der Waals surface area contributed by atoms with Crippen LogP contribution in [-0.4, -0.2) is 68.6 Å². The van der Waals surface area contributed by atoms with Gasteiger partial charge in [-0.2, -0.15) is 13.2 Å². The Kier molecular flexibility index (Phi) is 9.36. The molecule has 0 fully saturated rings. The first-order valence-electron chi connectivity index (χ1n) is 12.9. The van der Waals surface area contributed by atoms with Gasteiger partial charge in [0.05, 0.1) is 32.4 Å². The number of carbonyl (C=O) groups excluding carboxylic acids is 3. The Balaban J connectivity index is 1.74. The maximum absolute atomic E-state index is 14.0. The van der Waals surface area contributed by atoms with Crippen molar-refractivity contribution in [2.75, 3.05) is 45.1 Å². The monoisotopic (exact) mass is 605 g/mol. The minimum Gasteiger partial charge on any atom is -0.493 e. The van der Waals surface area contributed by atoms with Crippen LogP contribution < -0.4 is 25.0 Å². The molecule has 0 saturated carbocycles. The van der Waals surface area contributed by atoms with Gasteiger partial charge in [0.1, 0.15) is 0 Å². The summed E-state index contributed by atoms with van der Waals surface area (Å²) in [7, 11) is 6.00. The van der Waals surface area contributed by atoms with Crippen LogP contribution in [0.4, 0.5) is 24.0 Å². The number of aromatic nitrogens is 1. The fraction of sp³-hybridized carbons (Fsp3) is 0.357. The number of carbonyl (C=O) groups is 3. The number of amides is 3. The first-order valence-corrected chi connectivity index (χ1v) is 13.7. The van der Waals surface area contributed by atoms with Gasteiger partial charge in [-0.15, -0.1) is 11.3 Å². The molecule has 10 nitrogen and oxygen atoms in total. The maximum atomic E-state index is 14.0. The molecule has 0 unspecified atom stereocenters. The number of thiazole rings is 1. The van der Waals surface area contributed by atoms with Gasteiger partial charge in [-0.3, -0.25) is 24.6 Å². The molecular formula is C28H30F3N5O5S. The van der Waals surface area contributed by atoms with Crippen LogP contribution >= 0.6 is 11.3 Å². The number of halogens is 3. The first-order chi connectivity index (χ1) is 19.9. The Morgan fingerprint density at radius 2 is 1.86 bits per heavy atom. The summed E-state index contributed by atoms with van der Waals surface area (Å²) in [5, 5.41) is 5.57. The number of benzene rings is 2. The van der Waals surface area contributed by atoms with E-state index in [0.29, 0.717) is 10.0 Å². The van der Waals surface area contributed by atoms with Crippen molar-refractivity contribution in [1.29, 1.82) is 0 Å². The summed E-state index contributed by atoms with van der Waals surface area (Å²) in [5.41, 5.74) is 0.992. The predicted molar refractivity (Wildman–Crippen MR) is 151 cm³/mol. The van der Waals surface area contributed by atoms with E-state index in [-0.39, 0.29) is 28.3 Å². The van der Waals surface area contributed by atoms with Crippen molar-refractivity contribution in [3.8, 4) is 11.5 Å². The second kappa shape index (κ2) is 12.8. The number of hydrogen-bond acceptors (Lipinski definition) is 8. The molecule has 1 aromatic heterocycles. The van der Waals surface area contributed by atoms with Crippen molar-refractivity contribution in [3.05, 3.63) is 64.2 Å². The standard InChI is InChI=1S/C28H30F3N5O5S/c1-32-24(37)14-20(36(26(39)28(29,30)31)18-8-9-21(40-3)22(13-18)41-4)16-6-5-7-17(12-16)25(38)34-27-33-19-10-11-35(2)15-23(19)42-27/h5-9,12-13,20H,10-11,14-15H2,1-4H3,(H,32,37)(H,33,34,38)/t20-/m1/s1. The van der Waals surface area contributed by atoms with Gasteiger partial charge in [0.15, 0.2) is 16.6 Å². The van der Waals surface area contributed by atoms with Crippen molar-refractivity contribution < 1.29 is 37.0 Å². The molecule has 3 aromatic rings. The van der Waals surface area contributed by atoms with E-state index in [0.717, 1.165) is 30.1 Å². The van der Waals surface area contributed by atoms with Crippen LogP contribution in [0.25, 0.3) is 0 Å². The summed E-state index contributed by atoms with van der Waals surface area (Å²) in [6.45, 7) is 1.57. The quantitative estimate of drug-likeness (QED) is 0.377. The van der Waals surface area contributed by atoms with E-state index in [4.69, 9.17) is 9.47 Å². The van der Waals surface area contributed by atoms with E-state index >= 15 is 0 Å². The fourth-order valence-corrected chi connectivity index (χ4v) is 5.70. The predicted octanol–water partition coefficient (Wildman–Crippen LogP) is 4.17. The smallest absolute Gasteiger partial charge is 0.471 e. The SMILES string of the molecule is CNC(=O)C[C@H](c1cccc(C(=O)Nc2nc3c(s2)CN(C)CC3)c1)N(C(=O)C(F)(F)F)c1ccc(OC)c(OC)c1. The van der Waals surface area contributed by atoms with Crippen LogP contribution in [0.1, 0.15) is 39.0 Å². The lowest BCUT2D eigenvalue weighted by molar-refractivity contribution is -0.171. The van der Waals surface area contributed by atoms with Crippen molar-refractivity contribution >= 4 is 39.9 Å². The highest BCUT2D eigenvalue weighted by Gasteiger charge is 2.46. The molecule has 0 bridgehead atoms. The number of nitrogens with zero attached hydrogens (tertiary/aromatic N) is 3. The van der Waals surface area contributed by atoms with E-state index in [1.165, 1.54) is 75.1 Å². The summed E-state index contributed by atoms with van der Waals surface area (Å²) in [4.78, 5) is 46.8. The number of fused-ring (bicyclic) bond motifs is 1. The van der Waals surface area contributed by atoms with Gasteiger partial charge in [-0.25, -0.2) is 4.98 Å². The Labute approximate surface area is 244 Å². The normalized spacial score (nSPS) is 14.0. The third kappa shape index (κ3) is 6.82. The van der Waals surface area contributed by atoms with Crippen molar-refractivity contribution in [1.82, 2.24) is 15.2 Å². The van der Waals surface area contributed by atoms with Gasteiger partial charge in [0.25, 0.3) is 5.91 Å². The van der Waals surface area contributed by atoms with Gasteiger partial charge < -0.3 is 19.7 Å². The average Bonchev–Trinajstić information content (AvgIpc) is 3.37. The van der Waals surface area contributed by atoms with Crippen LogP contribution in [-0.2, 0) is 22.6 Å².